The van der Waals surface area contributed by atoms with Crippen molar-refractivity contribution in [3.05, 3.63) is 52.5 Å². The first-order valence-electron chi connectivity index (χ1n) is 14.6. The Balaban J connectivity index is 1.62. The van der Waals surface area contributed by atoms with Crippen molar-refractivity contribution in [3.63, 3.8) is 0 Å². The van der Waals surface area contributed by atoms with Crippen molar-refractivity contribution in [1.82, 2.24) is 15.5 Å². The van der Waals surface area contributed by atoms with Crippen LogP contribution in [0, 0.1) is 5.92 Å². The smallest absolute Gasteiger partial charge is 0.252 e. The summed E-state index contributed by atoms with van der Waals surface area (Å²) >= 11 is 5.99. The van der Waals surface area contributed by atoms with E-state index < -0.39 is 17.9 Å². The summed E-state index contributed by atoms with van der Waals surface area (Å²) in [6.45, 7) is 9.82. The van der Waals surface area contributed by atoms with E-state index in [1.54, 1.807) is 12.1 Å². The van der Waals surface area contributed by atoms with Crippen LogP contribution in [0.2, 0.25) is 5.02 Å². The molecule has 1 unspecified atom stereocenters. The molecule has 3 rings (SSSR count). The standard InChI is InChI=1S/C31H43ClN4O6/c1-4-40-26-17-23(18-27(41-5-2)29(26)42-6-3)30(38)35-25(11-12-28(33)37)31(39)34-19-21-13-15-36(16-14-21)20-22-7-9-24(32)10-8-22/h7-10,17-18,21,25H,4-6,11-16,19-20H2,1-3H3,(H2,33,37)(H,34,39)(H,35,38). The van der Waals surface area contributed by atoms with Crippen molar-refractivity contribution in [1.29, 1.82) is 0 Å². The third-order valence-corrected chi connectivity index (χ3v) is 7.32. The van der Waals surface area contributed by atoms with Gasteiger partial charge < -0.3 is 30.6 Å². The maximum absolute atomic E-state index is 13.3. The second-order valence-corrected chi connectivity index (χ2v) is 10.7. The van der Waals surface area contributed by atoms with Crippen LogP contribution >= 0.6 is 11.6 Å². The molecule has 2 aromatic carbocycles. The summed E-state index contributed by atoms with van der Waals surface area (Å²) in [6.07, 6.45) is 1.93. The number of primary amides is 1. The maximum Gasteiger partial charge on any atom is 0.252 e. The van der Waals surface area contributed by atoms with E-state index in [2.05, 4.69) is 15.5 Å². The predicted molar refractivity (Wildman–Crippen MR) is 162 cm³/mol. The number of nitrogens with one attached hydrogen (secondary N) is 2. The minimum Gasteiger partial charge on any atom is -0.490 e. The zero-order valence-electron chi connectivity index (χ0n) is 24.7. The summed E-state index contributed by atoms with van der Waals surface area (Å²) in [6, 6.07) is 10.1. The Morgan fingerprint density at radius 1 is 0.976 bits per heavy atom. The number of carbonyl (C=O) groups is 3. The first-order chi connectivity index (χ1) is 20.2. The normalized spacial score (nSPS) is 14.6. The number of amides is 3. The topological polar surface area (TPSA) is 132 Å². The van der Waals surface area contributed by atoms with Gasteiger partial charge >= 0.3 is 0 Å². The number of nitrogens with two attached hydrogens (primary N) is 1. The van der Waals surface area contributed by atoms with Crippen LogP contribution in [0.5, 0.6) is 17.2 Å². The number of rotatable bonds is 16. The van der Waals surface area contributed by atoms with Crippen LogP contribution < -0.4 is 30.6 Å². The lowest BCUT2D eigenvalue weighted by molar-refractivity contribution is -0.123. The highest BCUT2D eigenvalue weighted by atomic mass is 35.5. The van der Waals surface area contributed by atoms with E-state index >= 15 is 0 Å². The molecule has 2 aromatic rings. The number of likely N-dealkylation sites (tertiary alicyclic amines) is 1. The van der Waals surface area contributed by atoms with E-state index in [1.807, 2.05) is 45.0 Å². The lowest BCUT2D eigenvalue weighted by Gasteiger charge is -2.32. The van der Waals surface area contributed by atoms with Crippen molar-refractivity contribution in [2.24, 2.45) is 11.7 Å². The number of halogens is 1. The molecule has 230 valence electrons. The van der Waals surface area contributed by atoms with Crippen LogP contribution in [0.25, 0.3) is 0 Å². The number of piperidine rings is 1. The predicted octanol–water partition coefficient (Wildman–Crippen LogP) is 3.93. The van der Waals surface area contributed by atoms with Crippen LogP contribution in [0.3, 0.4) is 0 Å². The lowest BCUT2D eigenvalue weighted by atomic mass is 9.96. The number of benzene rings is 2. The van der Waals surface area contributed by atoms with Gasteiger partial charge in [-0.3, -0.25) is 19.3 Å². The molecule has 0 radical (unpaired) electrons. The molecule has 11 heteroatoms. The number of ether oxygens (including phenoxy) is 3. The van der Waals surface area contributed by atoms with Gasteiger partial charge in [-0.1, -0.05) is 23.7 Å². The van der Waals surface area contributed by atoms with E-state index in [1.165, 1.54) is 5.56 Å². The van der Waals surface area contributed by atoms with Gasteiger partial charge in [0.25, 0.3) is 5.91 Å². The number of hydrogen-bond acceptors (Lipinski definition) is 7. The molecule has 42 heavy (non-hydrogen) atoms. The van der Waals surface area contributed by atoms with E-state index in [9.17, 15) is 14.4 Å². The highest BCUT2D eigenvalue weighted by Gasteiger charge is 2.26. The SMILES string of the molecule is CCOc1cc(C(=O)NC(CCC(N)=O)C(=O)NCC2CCN(Cc3ccc(Cl)cc3)CC2)cc(OCC)c1OCC. The van der Waals surface area contributed by atoms with Crippen molar-refractivity contribution in [2.75, 3.05) is 39.5 Å². The van der Waals surface area contributed by atoms with Crippen molar-refractivity contribution in [2.45, 2.75) is 59.0 Å². The largest absolute Gasteiger partial charge is 0.490 e. The maximum atomic E-state index is 13.3. The van der Waals surface area contributed by atoms with Gasteiger partial charge in [0.05, 0.1) is 19.8 Å². The Bertz CT molecular complexity index is 1160. The molecule has 0 aromatic heterocycles. The Morgan fingerprint density at radius 3 is 2.12 bits per heavy atom. The Hall–Kier alpha value is -3.50. The first kappa shape index (κ1) is 33.0. The number of hydrogen-bond donors (Lipinski definition) is 3. The van der Waals surface area contributed by atoms with E-state index in [-0.39, 0.29) is 24.3 Å². The first-order valence-corrected chi connectivity index (χ1v) is 15.0. The summed E-state index contributed by atoms with van der Waals surface area (Å²) in [5.41, 5.74) is 6.82. The minimum absolute atomic E-state index is 0.0425. The molecule has 1 heterocycles. The zero-order valence-corrected chi connectivity index (χ0v) is 25.5. The molecular formula is C31H43ClN4O6. The van der Waals surface area contributed by atoms with E-state index in [4.69, 9.17) is 31.5 Å². The second kappa shape index (κ2) is 16.8. The van der Waals surface area contributed by atoms with Gasteiger partial charge in [-0.05, 0) is 88.9 Å². The van der Waals surface area contributed by atoms with E-state index in [0.717, 1.165) is 37.5 Å². The highest BCUT2D eigenvalue weighted by Crippen LogP contribution is 2.39. The monoisotopic (exact) mass is 602 g/mol. The fourth-order valence-corrected chi connectivity index (χ4v) is 5.01. The van der Waals surface area contributed by atoms with Gasteiger partial charge in [0.15, 0.2) is 11.5 Å². The zero-order chi connectivity index (χ0) is 30.5. The molecule has 1 saturated heterocycles. The van der Waals surface area contributed by atoms with Gasteiger partial charge in [0.1, 0.15) is 6.04 Å². The number of carbonyl (C=O) groups excluding carboxylic acids is 3. The highest BCUT2D eigenvalue weighted by molar-refractivity contribution is 6.30. The van der Waals surface area contributed by atoms with Crippen LogP contribution in [-0.2, 0) is 16.1 Å². The van der Waals surface area contributed by atoms with Gasteiger partial charge in [-0.15, -0.1) is 0 Å². The molecule has 3 amide bonds. The van der Waals surface area contributed by atoms with E-state index in [0.29, 0.717) is 49.5 Å². The van der Waals surface area contributed by atoms with Crippen molar-refractivity contribution < 1.29 is 28.6 Å². The van der Waals surface area contributed by atoms with Crippen LogP contribution in [0.15, 0.2) is 36.4 Å². The molecule has 0 spiro atoms. The summed E-state index contributed by atoms with van der Waals surface area (Å²) in [5.74, 6) is 0.0752. The lowest BCUT2D eigenvalue weighted by Crippen LogP contribution is -2.48. The minimum atomic E-state index is -0.937. The van der Waals surface area contributed by atoms with Crippen molar-refractivity contribution in [3.8, 4) is 17.2 Å². The average Bonchev–Trinajstić information content (AvgIpc) is 2.97. The summed E-state index contributed by atoms with van der Waals surface area (Å²) in [7, 11) is 0. The Morgan fingerprint density at radius 2 is 1.57 bits per heavy atom. The Labute approximate surface area is 253 Å². The molecule has 1 atom stereocenters. The summed E-state index contributed by atoms with van der Waals surface area (Å²) in [5, 5.41) is 6.49. The Kier molecular flexibility index (Phi) is 13.2. The third-order valence-electron chi connectivity index (χ3n) is 7.06. The third kappa shape index (κ3) is 10.1. The van der Waals surface area contributed by atoms with Crippen LogP contribution in [-0.4, -0.2) is 68.1 Å². The molecule has 0 bridgehead atoms. The molecular weight excluding hydrogens is 560 g/mol. The fourth-order valence-electron chi connectivity index (χ4n) is 4.88. The molecule has 4 N–H and O–H groups in total. The molecule has 10 nitrogen and oxygen atoms in total. The molecule has 1 fully saturated rings. The second-order valence-electron chi connectivity index (χ2n) is 10.2. The molecule has 0 aliphatic carbocycles. The molecule has 1 aliphatic heterocycles. The van der Waals surface area contributed by atoms with Gasteiger partial charge in [0, 0.05) is 30.1 Å². The molecule has 0 saturated carbocycles. The van der Waals surface area contributed by atoms with Crippen LogP contribution in [0.4, 0.5) is 0 Å². The van der Waals surface area contributed by atoms with Gasteiger partial charge in [-0.25, -0.2) is 0 Å². The quantitative estimate of drug-likeness (QED) is 0.265. The van der Waals surface area contributed by atoms with Crippen LogP contribution in [0.1, 0.15) is 62.4 Å². The fraction of sp³-hybridized carbons (Fsp3) is 0.516. The van der Waals surface area contributed by atoms with Gasteiger partial charge in [-0.2, -0.15) is 0 Å². The summed E-state index contributed by atoms with van der Waals surface area (Å²) in [4.78, 5) is 40.4. The average molecular weight is 603 g/mol. The van der Waals surface area contributed by atoms with Gasteiger partial charge in [0.2, 0.25) is 17.6 Å². The van der Waals surface area contributed by atoms with Crippen molar-refractivity contribution >= 4 is 29.3 Å². The molecule has 1 aliphatic rings. The number of nitrogens with zero attached hydrogens (tertiary/aromatic N) is 1. The summed E-state index contributed by atoms with van der Waals surface area (Å²) < 4.78 is 17.1.